The van der Waals surface area contributed by atoms with Crippen LogP contribution in [0.25, 0.3) is 0 Å². The number of esters is 1. The average molecular weight is 341 g/mol. The number of rotatable bonds is 4. The van der Waals surface area contributed by atoms with Crippen molar-refractivity contribution >= 4 is 29.2 Å². The largest absolute Gasteiger partial charge is 0.449 e. The van der Waals surface area contributed by atoms with E-state index in [9.17, 15) is 19.7 Å². The molecule has 0 N–H and O–H groups in total. The number of likely N-dealkylation sites (tertiary alicyclic amines) is 1. The van der Waals surface area contributed by atoms with Crippen LogP contribution in [0, 0.1) is 10.1 Å². The molecule has 0 bridgehead atoms. The van der Waals surface area contributed by atoms with Gasteiger partial charge in [0.15, 0.2) is 6.10 Å². The van der Waals surface area contributed by atoms with E-state index in [0.29, 0.717) is 13.1 Å². The number of hydrogen-bond donors (Lipinski definition) is 0. The monoisotopic (exact) mass is 340 g/mol. The minimum atomic E-state index is -0.935. The average Bonchev–Trinajstić information content (AvgIpc) is 2.54. The zero-order valence-corrected chi connectivity index (χ0v) is 13.4. The van der Waals surface area contributed by atoms with Crippen LogP contribution in [0.5, 0.6) is 0 Å². The zero-order valence-electron chi connectivity index (χ0n) is 12.7. The molecule has 1 aromatic rings. The van der Waals surface area contributed by atoms with Crippen LogP contribution >= 0.6 is 11.6 Å². The van der Waals surface area contributed by atoms with Crippen molar-refractivity contribution in [3.05, 3.63) is 38.9 Å². The number of nitro benzene ring substituents is 1. The van der Waals surface area contributed by atoms with E-state index in [1.807, 2.05) is 0 Å². The van der Waals surface area contributed by atoms with Gasteiger partial charge in [-0.05, 0) is 38.3 Å². The first-order chi connectivity index (χ1) is 10.9. The van der Waals surface area contributed by atoms with Crippen molar-refractivity contribution in [2.45, 2.75) is 32.3 Å². The van der Waals surface area contributed by atoms with Crippen molar-refractivity contribution in [1.82, 2.24) is 4.90 Å². The van der Waals surface area contributed by atoms with E-state index in [1.54, 1.807) is 4.90 Å². The summed E-state index contributed by atoms with van der Waals surface area (Å²) in [5.41, 5.74) is -0.393. The molecular formula is C15H17ClN2O5. The van der Waals surface area contributed by atoms with E-state index in [0.717, 1.165) is 25.3 Å². The molecule has 0 aliphatic carbocycles. The zero-order chi connectivity index (χ0) is 17.0. The lowest BCUT2D eigenvalue weighted by Crippen LogP contribution is -2.42. The molecule has 1 amide bonds. The highest BCUT2D eigenvalue weighted by Crippen LogP contribution is 2.25. The van der Waals surface area contributed by atoms with Gasteiger partial charge >= 0.3 is 5.97 Å². The second kappa shape index (κ2) is 7.41. The minimum absolute atomic E-state index is 0.0144. The molecule has 0 spiro atoms. The molecule has 1 aromatic carbocycles. The number of nitrogens with zero attached hydrogens (tertiary/aromatic N) is 2. The summed E-state index contributed by atoms with van der Waals surface area (Å²) in [6.45, 7) is 2.82. The van der Waals surface area contributed by atoms with Crippen LogP contribution in [0.3, 0.4) is 0 Å². The molecular weight excluding hydrogens is 324 g/mol. The van der Waals surface area contributed by atoms with Gasteiger partial charge in [-0.1, -0.05) is 11.6 Å². The maximum absolute atomic E-state index is 12.2. The van der Waals surface area contributed by atoms with Crippen LogP contribution < -0.4 is 0 Å². The molecule has 1 aliphatic heterocycles. The highest BCUT2D eigenvalue weighted by atomic mass is 35.5. The molecule has 1 aliphatic rings. The molecule has 0 unspecified atom stereocenters. The minimum Gasteiger partial charge on any atom is -0.449 e. The molecule has 7 nitrogen and oxygen atoms in total. The quantitative estimate of drug-likeness (QED) is 0.477. The van der Waals surface area contributed by atoms with Gasteiger partial charge < -0.3 is 9.64 Å². The number of piperidine rings is 1. The van der Waals surface area contributed by atoms with Crippen LogP contribution in [-0.4, -0.2) is 40.9 Å². The van der Waals surface area contributed by atoms with Crippen molar-refractivity contribution in [2.24, 2.45) is 0 Å². The Kier molecular flexibility index (Phi) is 5.54. The van der Waals surface area contributed by atoms with Gasteiger partial charge in [0.05, 0.1) is 10.5 Å². The lowest BCUT2D eigenvalue weighted by Gasteiger charge is -2.28. The Bertz CT molecular complexity index is 628. The number of benzene rings is 1. The maximum Gasteiger partial charge on any atom is 0.339 e. The fourth-order valence-corrected chi connectivity index (χ4v) is 2.62. The second-order valence-corrected chi connectivity index (χ2v) is 5.76. The van der Waals surface area contributed by atoms with E-state index < -0.39 is 17.0 Å². The fraction of sp³-hybridized carbons (Fsp3) is 0.467. The molecule has 23 heavy (non-hydrogen) atoms. The number of carbonyl (C=O) groups excluding carboxylic acids is 2. The maximum atomic E-state index is 12.2. The van der Waals surface area contributed by atoms with Gasteiger partial charge in [-0.2, -0.15) is 0 Å². The molecule has 1 fully saturated rings. The Labute approximate surface area is 138 Å². The van der Waals surface area contributed by atoms with Gasteiger partial charge in [0.2, 0.25) is 0 Å². The van der Waals surface area contributed by atoms with Crippen LogP contribution in [0.15, 0.2) is 18.2 Å². The molecule has 0 saturated carbocycles. The van der Waals surface area contributed by atoms with Crippen LogP contribution in [0.2, 0.25) is 5.02 Å². The first kappa shape index (κ1) is 17.2. The Hall–Kier alpha value is -2.15. The Balaban J connectivity index is 2.04. The summed E-state index contributed by atoms with van der Waals surface area (Å²) >= 11 is 5.70. The number of nitro groups is 1. The fourth-order valence-electron chi connectivity index (χ4n) is 2.43. The van der Waals surface area contributed by atoms with Gasteiger partial charge in [-0.25, -0.2) is 4.79 Å². The molecule has 0 radical (unpaired) electrons. The second-order valence-electron chi connectivity index (χ2n) is 5.36. The van der Waals surface area contributed by atoms with E-state index >= 15 is 0 Å². The number of halogens is 1. The highest BCUT2D eigenvalue weighted by Gasteiger charge is 2.26. The number of carbonyl (C=O) groups is 2. The highest BCUT2D eigenvalue weighted by molar-refractivity contribution is 6.32. The summed E-state index contributed by atoms with van der Waals surface area (Å²) in [6, 6.07) is 3.63. The van der Waals surface area contributed by atoms with E-state index in [1.165, 1.54) is 19.1 Å². The number of ether oxygens (including phenoxy) is 1. The van der Waals surface area contributed by atoms with Crippen LogP contribution in [0.4, 0.5) is 5.69 Å². The van der Waals surface area contributed by atoms with Gasteiger partial charge in [0.25, 0.3) is 11.6 Å². The van der Waals surface area contributed by atoms with Crippen LogP contribution in [0.1, 0.15) is 36.5 Å². The Morgan fingerprint density at radius 3 is 2.57 bits per heavy atom. The van der Waals surface area contributed by atoms with Crippen molar-refractivity contribution in [3.63, 3.8) is 0 Å². The summed E-state index contributed by atoms with van der Waals surface area (Å²) in [5, 5.41) is 10.8. The molecule has 124 valence electrons. The van der Waals surface area contributed by atoms with Gasteiger partial charge in [-0.15, -0.1) is 0 Å². The number of amides is 1. The molecule has 8 heteroatoms. The van der Waals surface area contributed by atoms with Crippen molar-refractivity contribution in [3.8, 4) is 0 Å². The van der Waals surface area contributed by atoms with Crippen molar-refractivity contribution < 1.29 is 19.2 Å². The van der Waals surface area contributed by atoms with Crippen molar-refractivity contribution in [2.75, 3.05) is 13.1 Å². The third-order valence-electron chi connectivity index (χ3n) is 3.68. The Morgan fingerprint density at radius 1 is 1.30 bits per heavy atom. The van der Waals surface area contributed by atoms with Gasteiger partial charge in [0.1, 0.15) is 5.02 Å². The lowest BCUT2D eigenvalue weighted by atomic mass is 10.1. The summed E-state index contributed by atoms with van der Waals surface area (Å²) < 4.78 is 5.13. The summed E-state index contributed by atoms with van der Waals surface area (Å²) in [7, 11) is 0. The third-order valence-corrected chi connectivity index (χ3v) is 4.00. The summed E-state index contributed by atoms with van der Waals surface area (Å²) in [6.07, 6.45) is 2.04. The summed E-state index contributed by atoms with van der Waals surface area (Å²) in [5.74, 6) is -1.04. The first-order valence-corrected chi connectivity index (χ1v) is 7.71. The summed E-state index contributed by atoms with van der Waals surface area (Å²) in [4.78, 5) is 36.1. The molecule has 2 rings (SSSR count). The lowest BCUT2D eigenvalue weighted by molar-refractivity contribution is -0.384. The standard InChI is InChI=1S/C15H17ClN2O5/c1-10(14(19)17-7-3-2-4-8-17)23-15(20)11-5-6-12(16)13(9-11)18(21)22/h5-6,9-10H,2-4,7-8H2,1H3/t10-/m0/s1. The molecule has 0 aromatic heterocycles. The van der Waals surface area contributed by atoms with E-state index in [-0.39, 0.29) is 22.2 Å². The van der Waals surface area contributed by atoms with E-state index in [2.05, 4.69) is 0 Å². The molecule has 1 heterocycles. The van der Waals surface area contributed by atoms with Gasteiger partial charge in [-0.3, -0.25) is 14.9 Å². The van der Waals surface area contributed by atoms with Gasteiger partial charge in [0, 0.05) is 19.2 Å². The normalized spacial score (nSPS) is 15.8. The topological polar surface area (TPSA) is 89.7 Å². The van der Waals surface area contributed by atoms with Crippen LogP contribution in [-0.2, 0) is 9.53 Å². The third kappa shape index (κ3) is 4.19. The predicted molar refractivity (Wildman–Crippen MR) is 83.4 cm³/mol. The van der Waals surface area contributed by atoms with E-state index in [4.69, 9.17) is 16.3 Å². The number of hydrogen-bond acceptors (Lipinski definition) is 5. The smallest absolute Gasteiger partial charge is 0.339 e. The molecule has 1 atom stereocenters. The SMILES string of the molecule is C[C@H](OC(=O)c1ccc(Cl)c([N+](=O)[O-])c1)C(=O)N1CCCCC1. The first-order valence-electron chi connectivity index (χ1n) is 7.34. The Morgan fingerprint density at radius 2 is 1.96 bits per heavy atom. The molecule has 1 saturated heterocycles. The van der Waals surface area contributed by atoms with Crippen molar-refractivity contribution in [1.29, 1.82) is 0 Å². The predicted octanol–water partition coefficient (Wildman–Crippen LogP) is 2.81.